The van der Waals surface area contributed by atoms with Crippen LogP contribution in [0.25, 0.3) is 0 Å². The number of nitrogens with zero attached hydrogens (tertiary/aromatic N) is 5. The first kappa shape index (κ1) is 24.8. The number of non-ortho nitro benzene ring substituents is 3. The first-order valence-corrected chi connectivity index (χ1v) is 9.54. The molecule has 0 aliphatic carbocycles. The molecule has 0 saturated carbocycles. The Hall–Kier alpha value is -5.80. The third-order valence-corrected chi connectivity index (χ3v) is 4.46. The molecule has 0 bridgehead atoms. The summed E-state index contributed by atoms with van der Waals surface area (Å²) in [5.74, 6) is -1.21. The lowest BCUT2D eigenvalue weighted by molar-refractivity contribution is -0.394. The number of benzene rings is 3. The third kappa shape index (κ3) is 5.76. The molecule has 16 nitrogen and oxygen atoms in total. The predicted molar refractivity (Wildman–Crippen MR) is 122 cm³/mol. The van der Waals surface area contributed by atoms with Gasteiger partial charge in [-0.3, -0.25) is 45.9 Å². The van der Waals surface area contributed by atoms with Gasteiger partial charge in [0.15, 0.2) is 0 Å². The van der Waals surface area contributed by atoms with Gasteiger partial charge in [0.05, 0.1) is 43.6 Å². The maximum Gasteiger partial charge on any atom is 0.344 e. The van der Waals surface area contributed by atoms with Gasteiger partial charge >= 0.3 is 11.7 Å². The van der Waals surface area contributed by atoms with Gasteiger partial charge in [0.1, 0.15) is 11.4 Å². The van der Waals surface area contributed by atoms with Gasteiger partial charge in [0.25, 0.3) is 17.1 Å². The van der Waals surface area contributed by atoms with Crippen molar-refractivity contribution in [2.75, 3.05) is 5.43 Å². The van der Waals surface area contributed by atoms with Crippen LogP contribution >= 0.6 is 0 Å². The maximum absolute atomic E-state index is 12.6. The SMILES string of the molecule is O=C(Oc1ccccc1C=NNc1ccc([N+](=O)[O-])cc1[N+](=O)[O-])c1cc([N+](=O)[O-])cc([N+](=O)[O-])c1. The molecular weight excluding hydrogens is 484 g/mol. The smallest absolute Gasteiger partial charge is 0.344 e. The Morgan fingerprint density at radius 3 is 1.97 bits per heavy atom. The van der Waals surface area contributed by atoms with Crippen molar-refractivity contribution in [1.29, 1.82) is 0 Å². The minimum absolute atomic E-state index is 0.0830. The summed E-state index contributed by atoms with van der Waals surface area (Å²) in [6.45, 7) is 0. The summed E-state index contributed by atoms with van der Waals surface area (Å²) < 4.78 is 5.22. The predicted octanol–water partition coefficient (Wildman–Crippen LogP) is 3.98. The number of ether oxygens (including phenoxy) is 1. The lowest BCUT2D eigenvalue weighted by atomic mass is 10.1. The van der Waals surface area contributed by atoms with Gasteiger partial charge in [-0.15, -0.1) is 0 Å². The van der Waals surface area contributed by atoms with E-state index in [1.54, 1.807) is 6.07 Å². The second-order valence-corrected chi connectivity index (χ2v) is 6.77. The van der Waals surface area contributed by atoms with Crippen molar-refractivity contribution in [3.63, 3.8) is 0 Å². The highest BCUT2D eigenvalue weighted by Gasteiger charge is 2.22. The van der Waals surface area contributed by atoms with Crippen LogP contribution in [0, 0.1) is 40.5 Å². The maximum atomic E-state index is 12.6. The van der Waals surface area contributed by atoms with Gasteiger partial charge in [-0.25, -0.2) is 4.79 Å². The van der Waals surface area contributed by atoms with E-state index in [0.29, 0.717) is 6.07 Å². The number of esters is 1. The van der Waals surface area contributed by atoms with Crippen LogP contribution in [0.2, 0.25) is 0 Å². The minimum Gasteiger partial charge on any atom is -0.422 e. The fourth-order valence-corrected chi connectivity index (χ4v) is 2.81. The summed E-state index contributed by atoms with van der Waals surface area (Å²) in [5.41, 5.74) is -0.491. The molecule has 0 aromatic heterocycles. The average molecular weight is 496 g/mol. The van der Waals surface area contributed by atoms with Crippen LogP contribution in [0.4, 0.5) is 28.4 Å². The van der Waals surface area contributed by atoms with Gasteiger partial charge in [0.2, 0.25) is 0 Å². The highest BCUT2D eigenvalue weighted by Crippen LogP contribution is 2.29. The molecular formula is C20H12N6O10. The molecule has 0 aliphatic heterocycles. The molecule has 36 heavy (non-hydrogen) atoms. The Morgan fingerprint density at radius 2 is 1.39 bits per heavy atom. The molecule has 0 unspecified atom stereocenters. The van der Waals surface area contributed by atoms with Crippen LogP contribution in [0.3, 0.4) is 0 Å². The monoisotopic (exact) mass is 496 g/mol. The molecule has 0 atom stereocenters. The number of nitro benzene ring substituents is 4. The Bertz CT molecular complexity index is 1410. The number of para-hydroxylation sites is 1. The summed E-state index contributed by atoms with van der Waals surface area (Å²) in [6, 6.07) is 11.1. The summed E-state index contributed by atoms with van der Waals surface area (Å²) in [4.78, 5) is 53.3. The van der Waals surface area contributed by atoms with Crippen LogP contribution in [-0.2, 0) is 0 Å². The van der Waals surface area contributed by atoms with E-state index >= 15 is 0 Å². The summed E-state index contributed by atoms with van der Waals surface area (Å²) in [7, 11) is 0. The third-order valence-electron chi connectivity index (χ3n) is 4.46. The molecule has 16 heteroatoms. The van der Waals surface area contributed by atoms with Crippen molar-refractivity contribution in [3.05, 3.63) is 112 Å². The molecule has 0 fully saturated rings. The standard InChI is InChI=1S/C20H12N6O10/c27-20(13-7-15(24(30)31)9-16(8-13)25(32)33)36-19-4-2-1-3-12(19)11-21-22-17-6-5-14(23(28)29)10-18(17)26(34)35/h1-11,22H. The van der Waals surface area contributed by atoms with E-state index in [0.717, 1.165) is 36.5 Å². The molecule has 3 aromatic carbocycles. The number of nitro groups is 4. The second-order valence-electron chi connectivity index (χ2n) is 6.77. The molecule has 0 saturated heterocycles. The van der Waals surface area contributed by atoms with E-state index in [1.807, 2.05) is 0 Å². The molecule has 3 rings (SSSR count). The number of rotatable bonds is 9. The molecule has 3 aromatic rings. The zero-order valence-corrected chi connectivity index (χ0v) is 17.7. The van der Waals surface area contributed by atoms with E-state index in [2.05, 4.69) is 10.5 Å². The molecule has 1 N–H and O–H groups in total. The summed E-state index contributed by atoms with van der Waals surface area (Å²) >= 11 is 0. The Morgan fingerprint density at radius 1 is 0.778 bits per heavy atom. The normalized spacial score (nSPS) is 10.6. The minimum atomic E-state index is -1.12. The van der Waals surface area contributed by atoms with Crippen molar-refractivity contribution >= 4 is 40.6 Å². The van der Waals surface area contributed by atoms with Crippen molar-refractivity contribution in [3.8, 4) is 5.75 Å². The lowest BCUT2D eigenvalue weighted by Gasteiger charge is -2.07. The lowest BCUT2D eigenvalue weighted by Crippen LogP contribution is -2.11. The van der Waals surface area contributed by atoms with Crippen molar-refractivity contribution in [1.82, 2.24) is 0 Å². The van der Waals surface area contributed by atoms with Gasteiger partial charge < -0.3 is 4.74 Å². The first-order chi connectivity index (χ1) is 17.1. The fraction of sp³-hybridized carbons (Fsp3) is 0. The number of hydrogen-bond acceptors (Lipinski definition) is 12. The zero-order chi connectivity index (χ0) is 26.4. The highest BCUT2D eigenvalue weighted by molar-refractivity contribution is 5.94. The summed E-state index contributed by atoms with van der Waals surface area (Å²) in [5, 5.41) is 48.0. The number of carbonyl (C=O) groups is 1. The van der Waals surface area contributed by atoms with Crippen molar-refractivity contribution in [2.24, 2.45) is 5.10 Å². The Labute approximate surface area is 199 Å². The van der Waals surface area contributed by atoms with Gasteiger partial charge in [-0.2, -0.15) is 5.10 Å². The van der Waals surface area contributed by atoms with Crippen LogP contribution in [-0.4, -0.2) is 31.9 Å². The second kappa shape index (κ2) is 10.4. The number of hydrogen-bond donors (Lipinski definition) is 1. The van der Waals surface area contributed by atoms with Crippen molar-refractivity contribution < 1.29 is 29.2 Å². The molecule has 0 aliphatic rings. The Balaban J connectivity index is 1.85. The van der Waals surface area contributed by atoms with Crippen molar-refractivity contribution in [2.45, 2.75) is 0 Å². The number of hydrazone groups is 1. The van der Waals surface area contributed by atoms with Gasteiger partial charge in [-0.05, 0) is 18.2 Å². The van der Waals surface area contributed by atoms with E-state index in [9.17, 15) is 45.3 Å². The quantitative estimate of drug-likeness (QED) is 0.146. The number of nitrogens with one attached hydrogen (secondary N) is 1. The summed E-state index contributed by atoms with van der Waals surface area (Å²) in [6.07, 6.45) is 1.13. The van der Waals surface area contributed by atoms with Gasteiger partial charge in [-0.1, -0.05) is 12.1 Å². The largest absolute Gasteiger partial charge is 0.422 e. The number of anilines is 1. The van der Waals surface area contributed by atoms with Crippen LogP contribution in [0.15, 0.2) is 65.8 Å². The van der Waals surface area contributed by atoms with Crippen LogP contribution in [0.5, 0.6) is 5.75 Å². The van der Waals surface area contributed by atoms with E-state index in [-0.39, 0.29) is 17.0 Å². The fourth-order valence-electron chi connectivity index (χ4n) is 2.81. The molecule has 0 heterocycles. The molecule has 0 amide bonds. The Kier molecular flexibility index (Phi) is 7.19. The molecule has 182 valence electrons. The number of carbonyl (C=O) groups excluding carboxylic acids is 1. The zero-order valence-electron chi connectivity index (χ0n) is 17.7. The van der Waals surface area contributed by atoms with E-state index in [1.165, 1.54) is 18.2 Å². The van der Waals surface area contributed by atoms with E-state index < -0.39 is 54.0 Å². The molecule has 0 radical (unpaired) electrons. The topological polar surface area (TPSA) is 223 Å². The van der Waals surface area contributed by atoms with E-state index in [4.69, 9.17) is 4.74 Å². The highest BCUT2D eigenvalue weighted by atomic mass is 16.6. The van der Waals surface area contributed by atoms with Gasteiger partial charge in [0, 0.05) is 23.8 Å². The van der Waals surface area contributed by atoms with Crippen LogP contribution < -0.4 is 10.2 Å². The van der Waals surface area contributed by atoms with Crippen LogP contribution in [0.1, 0.15) is 15.9 Å². The molecule has 0 spiro atoms. The average Bonchev–Trinajstić information content (AvgIpc) is 2.84. The first-order valence-electron chi connectivity index (χ1n) is 9.54.